The third kappa shape index (κ3) is 1.66. The third-order valence-corrected chi connectivity index (χ3v) is 3.67. The van der Waals surface area contributed by atoms with Gasteiger partial charge in [0.15, 0.2) is 0 Å². The molecule has 0 radical (unpaired) electrons. The van der Waals surface area contributed by atoms with E-state index in [0.29, 0.717) is 0 Å². The summed E-state index contributed by atoms with van der Waals surface area (Å²) < 4.78 is 20.9. The van der Waals surface area contributed by atoms with Crippen LogP contribution < -0.4 is 0 Å². The lowest BCUT2D eigenvalue weighted by Crippen LogP contribution is -2.51. The van der Waals surface area contributed by atoms with Gasteiger partial charge in [0, 0.05) is 0 Å². The first kappa shape index (κ1) is 9.58. The molecule has 6 nitrogen and oxygen atoms in total. The summed E-state index contributed by atoms with van der Waals surface area (Å²) in [6, 6.07) is 0. The fourth-order valence-corrected chi connectivity index (χ4v) is 3.10. The fraction of sp³-hybridized carbons (Fsp3) is 1.00. The molecule has 2 aliphatic heterocycles. The molecule has 2 rings (SSSR count). The first-order valence-corrected chi connectivity index (χ1v) is 5.74. The van der Waals surface area contributed by atoms with E-state index in [1.54, 1.807) is 0 Å². The largest absolute Gasteiger partial charge is 0.388 e. The average molecular weight is 210 g/mol. The van der Waals surface area contributed by atoms with Crippen LogP contribution in [0.1, 0.15) is 0 Å². The van der Waals surface area contributed by atoms with Crippen molar-refractivity contribution in [2.24, 2.45) is 0 Å². The van der Waals surface area contributed by atoms with Gasteiger partial charge in [-0.3, -0.25) is 9.09 Å². The standard InChI is InChI=1S/C6H11O6P/c7-3-1-11-4-2-13(9,10)12-6(4)5(3)8/h3-8H,1-2H2,(H,9,10)/t3-,4-,5+,6+/m1/s1. The second kappa shape index (κ2) is 3.02. The van der Waals surface area contributed by atoms with E-state index >= 15 is 0 Å². The molecule has 0 aliphatic carbocycles. The molecule has 2 heterocycles. The molecule has 0 aromatic carbocycles. The molecule has 0 amide bonds. The molecular formula is C6H11O6P. The van der Waals surface area contributed by atoms with Crippen molar-refractivity contribution in [3.63, 3.8) is 0 Å². The normalized spacial score (nSPS) is 56.2. The number of hydrogen-bond acceptors (Lipinski definition) is 5. The number of aliphatic hydroxyl groups is 2. The molecule has 2 fully saturated rings. The van der Waals surface area contributed by atoms with Gasteiger partial charge in [-0.2, -0.15) is 0 Å². The smallest absolute Gasteiger partial charge is 0.331 e. The topological polar surface area (TPSA) is 96.2 Å². The Kier molecular flexibility index (Phi) is 2.22. The summed E-state index contributed by atoms with van der Waals surface area (Å²) in [5.74, 6) is 0. The molecule has 5 atom stereocenters. The fourth-order valence-electron chi connectivity index (χ4n) is 1.60. The summed E-state index contributed by atoms with van der Waals surface area (Å²) >= 11 is 0. The molecule has 7 heteroatoms. The lowest BCUT2D eigenvalue weighted by atomic mass is 10.0. The van der Waals surface area contributed by atoms with Crippen LogP contribution >= 0.6 is 7.60 Å². The number of ether oxygens (including phenoxy) is 1. The number of rotatable bonds is 0. The lowest BCUT2D eigenvalue weighted by Gasteiger charge is -2.32. The van der Waals surface area contributed by atoms with Gasteiger partial charge in [-0.1, -0.05) is 0 Å². The molecule has 0 saturated carbocycles. The van der Waals surface area contributed by atoms with Gasteiger partial charge in [0.1, 0.15) is 18.3 Å². The van der Waals surface area contributed by atoms with Gasteiger partial charge in [-0.15, -0.1) is 0 Å². The van der Waals surface area contributed by atoms with E-state index < -0.39 is 32.0 Å². The Morgan fingerprint density at radius 2 is 2.08 bits per heavy atom. The summed E-state index contributed by atoms with van der Waals surface area (Å²) in [7, 11) is -3.61. The lowest BCUT2D eigenvalue weighted by molar-refractivity contribution is -0.161. The quantitative estimate of drug-likeness (QED) is 0.429. The highest BCUT2D eigenvalue weighted by Gasteiger charge is 2.50. The second-order valence-electron chi connectivity index (χ2n) is 3.32. The van der Waals surface area contributed by atoms with Crippen LogP contribution in [0.25, 0.3) is 0 Å². The van der Waals surface area contributed by atoms with E-state index in [-0.39, 0.29) is 12.8 Å². The summed E-state index contributed by atoms with van der Waals surface area (Å²) in [4.78, 5) is 9.09. The third-order valence-electron chi connectivity index (χ3n) is 2.28. The Morgan fingerprint density at radius 3 is 2.77 bits per heavy atom. The Hall–Kier alpha value is 0.0300. The van der Waals surface area contributed by atoms with Crippen molar-refractivity contribution < 1.29 is 28.9 Å². The molecular weight excluding hydrogens is 199 g/mol. The highest BCUT2D eigenvalue weighted by molar-refractivity contribution is 7.53. The maximum atomic E-state index is 11.1. The zero-order valence-electron chi connectivity index (χ0n) is 6.74. The van der Waals surface area contributed by atoms with Crippen molar-refractivity contribution in [1.29, 1.82) is 0 Å². The first-order chi connectivity index (χ1) is 5.99. The van der Waals surface area contributed by atoms with E-state index in [1.165, 1.54) is 0 Å². The van der Waals surface area contributed by atoms with E-state index in [2.05, 4.69) is 0 Å². The Labute approximate surface area is 74.6 Å². The van der Waals surface area contributed by atoms with Crippen molar-refractivity contribution in [3.8, 4) is 0 Å². The molecule has 2 saturated heterocycles. The van der Waals surface area contributed by atoms with E-state index in [1.807, 2.05) is 0 Å². The van der Waals surface area contributed by atoms with Gasteiger partial charge in [-0.25, -0.2) is 0 Å². The van der Waals surface area contributed by atoms with E-state index in [9.17, 15) is 9.67 Å². The minimum Gasteiger partial charge on any atom is -0.388 e. The molecule has 1 unspecified atom stereocenters. The van der Waals surface area contributed by atoms with E-state index in [0.717, 1.165) is 0 Å². The maximum absolute atomic E-state index is 11.1. The molecule has 0 aromatic rings. The summed E-state index contributed by atoms with van der Waals surface area (Å²) in [6.07, 6.45) is -3.74. The number of aliphatic hydroxyl groups excluding tert-OH is 2. The molecule has 2 aliphatic rings. The monoisotopic (exact) mass is 210 g/mol. The molecule has 0 spiro atoms. The minimum atomic E-state index is -3.61. The van der Waals surface area contributed by atoms with Crippen LogP contribution in [0.15, 0.2) is 0 Å². The predicted molar refractivity (Wildman–Crippen MR) is 41.3 cm³/mol. The Bertz CT molecular complexity index is 256. The van der Waals surface area contributed by atoms with Gasteiger partial charge in [-0.05, 0) is 0 Å². The minimum absolute atomic E-state index is 0.0221. The van der Waals surface area contributed by atoms with Crippen molar-refractivity contribution in [2.75, 3.05) is 12.8 Å². The SMILES string of the molecule is O=P1(O)C[C@H]2OC[C@@H](O)[C@H](O)[C@H]2O1. The molecule has 0 aromatic heterocycles. The van der Waals surface area contributed by atoms with E-state index in [4.69, 9.17) is 19.3 Å². The maximum Gasteiger partial charge on any atom is 0.331 e. The predicted octanol–water partition coefficient (Wildman–Crippen LogP) is -1.31. The zero-order chi connectivity index (χ0) is 9.64. The Balaban J connectivity index is 2.15. The van der Waals surface area contributed by atoms with Crippen LogP contribution in [-0.2, 0) is 13.8 Å². The van der Waals surface area contributed by atoms with Crippen LogP contribution in [0, 0.1) is 0 Å². The molecule has 76 valence electrons. The molecule has 13 heavy (non-hydrogen) atoms. The van der Waals surface area contributed by atoms with Crippen LogP contribution in [-0.4, -0.2) is 52.3 Å². The average Bonchev–Trinajstić information content (AvgIpc) is 2.34. The van der Waals surface area contributed by atoms with Crippen LogP contribution in [0.4, 0.5) is 0 Å². The van der Waals surface area contributed by atoms with Crippen LogP contribution in [0.3, 0.4) is 0 Å². The van der Waals surface area contributed by atoms with Gasteiger partial charge in [0.05, 0.1) is 18.9 Å². The summed E-state index contributed by atoms with van der Waals surface area (Å²) in [5.41, 5.74) is 0. The van der Waals surface area contributed by atoms with Crippen LogP contribution in [0.5, 0.6) is 0 Å². The Morgan fingerprint density at radius 1 is 1.38 bits per heavy atom. The second-order valence-corrected chi connectivity index (χ2v) is 5.17. The summed E-state index contributed by atoms with van der Waals surface area (Å²) in [6.45, 7) is -0.0221. The van der Waals surface area contributed by atoms with Crippen molar-refractivity contribution in [3.05, 3.63) is 0 Å². The highest BCUT2D eigenvalue weighted by atomic mass is 31.2. The molecule has 3 N–H and O–H groups in total. The van der Waals surface area contributed by atoms with Gasteiger partial charge in [0.25, 0.3) is 0 Å². The van der Waals surface area contributed by atoms with Crippen molar-refractivity contribution in [1.82, 2.24) is 0 Å². The van der Waals surface area contributed by atoms with Crippen LogP contribution in [0.2, 0.25) is 0 Å². The summed E-state index contributed by atoms with van der Waals surface area (Å²) in [5, 5.41) is 18.6. The van der Waals surface area contributed by atoms with Gasteiger partial charge in [0.2, 0.25) is 0 Å². The highest BCUT2D eigenvalue weighted by Crippen LogP contribution is 2.52. The first-order valence-electron chi connectivity index (χ1n) is 3.97. The van der Waals surface area contributed by atoms with Gasteiger partial charge >= 0.3 is 7.60 Å². The number of fused-ring (bicyclic) bond motifs is 1. The molecule has 0 bridgehead atoms. The van der Waals surface area contributed by atoms with Gasteiger partial charge < -0.3 is 19.8 Å². The van der Waals surface area contributed by atoms with Crippen molar-refractivity contribution in [2.45, 2.75) is 24.4 Å². The number of hydrogen-bond donors (Lipinski definition) is 3. The van der Waals surface area contributed by atoms with Crippen molar-refractivity contribution >= 4 is 7.60 Å². The zero-order valence-corrected chi connectivity index (χ0v) is 7.63.